The van der Waals surface area contributed by atoms with Gasteiger partial charge in [-0.3, -0.25) is 4.98 Å². The number of hydrogen-bond acceptors (Lipinski definition) is 4. The predicted molar refractivity (Wildman–Crippen MR) is 82.2 cm³/mol. The van der Waals surface area contributed by atoms with Crippen molar-refractivity contribution in [1.82, 2.24) is 9.97 Å². The quantitative estimate of drug-likeness (QED) is 0.903. The maximum atomic E-state index is 6.12. The Morgan fingerprint density at radius 3 is 2.60 bits per heavy atom. The number of halogens is 2. The molecule has 0 saturated heterocycles. The van der Waals surface area contributed by atoms with Crippen LogP contribution in [0.25, 0.3) is 0 Å². The van der Waals surface area contributed by atoms with Gasteiger partial charge in [0.1, 0.15) is 10.8 Å². The summed E-state index contributed by atoms with van der Waals surface area (Å²) in [6, 6.07) is 5.36. The van der Waals surface area contributed by atoms with Crippen LogP contribution in [0.15, 0.2) is 18.2 Å². The Hall–Kier alpha value is -1.52. The highest BCUT2D eigenvalue weighted by Gasteiger charge is 2.13. The molecule has 4 nitrogen and oxygen atoms in total. The Balaban J connectivity index is 2.39. The summed E-state index contributed by atoms with van der Waals surface area (Å²) in [5.41, 5.74) is 1.81. The topological polar surface area (TPSA) is 47.0 Å². The van der Waals surface area contributed by atoms with Gasteiger partial charge in [0.2, 0.25) is 5.88 Å². The Bertz CT molecular complexity index is 632. The minimum Gasteiger partial charge on any atom is -0.436 e. The lowest BCUT2D eigenvalue weighted by molar-refractivity contribution is 0.455. The van der Waals surface area contributed by atoms with Crippen molar-refractivity contribution >= 4 is 29.0 Å². The molecule has 6 heteroatoms. The van der Waals surface area contributed by atoms with E-state index in [9.17, 15) is 0 Å². The monoisotopic (exact) mass is 311 g/mol. The average Bonchev–Trinajstić information content (AvgIpc) is 2.43. The maximum Gasteiger partial charge on any atom is 0.240 e. The average molecular weight is 312 g/mol. The second kappa shape index (κ2) is 6.29. The highest BCUT2D eigenvalue weighted by molar-refractivity contribution is 6.36. The molecule has 1 N–H and O–H groups in total. The Morgan fingerprint density at radius 2 is 1.95 bits per heavy atom. The van der Waals surface area contributed by atoms with E-state index in [0.29, 0.717) is 27.5 Å². The molecule has 0 aliphatic heterocycles. The van der Waals surface area contributed by atoms with Crippen molar-refractivity contribution in [2.45, 2.75) is 20.3 Å². The Labute approximate surface area is 128 Å². The summed E-state index contributed by atoms with van der Waals surface area (Å²) in [6.07, 6.45) is 0.765. The SMILES string of the molecule is CCc1nc(C)ccc1Oc1nc(NC)c(Cl)cc1Cl. The molecule has 2 rings (SSSR count). The number of aryl methyl sites for hydroxylation is 2. The molecule has 0 fully saturated rings. The van der Waals surface area contributed by atoms with E-state index in [4.69, 9.17) is 27.9 Å². The van der Waals surface area contributed by atoms with E-state index < -0.39 is 0 Å². The first-order valence-electron chi connectivity index (χ1n) is 6.23. The van der Waals surface area contributed by atoms with Crippen LogP contribution >= 0.6 is 23.2 Å². The van der Waals surface area contributed by atoms with Crippen molar-refractivity contribution in [3.63, 3.8) is 0 Å². The third-order valence-electron chi connectivity index (χ3n) is 2.75. The van der Waals surface area contributed by atoms with Gasteiger partial charge in [0, 0.05) is 12.7 Å². The third kappa shape index (κ3) is 3.14. The first-order chi connectivity index (χ1) is 9.55. The lowest BCUT2D eigenvalue weighted by atomic mass is 10.2. The molecule has 0 bridgehead atoms. The normalized spacial score (nSPS) is 10.4. The molecule has 0 aliphatic carbocycles. The Morgan fingerprint density at radius 1 is 1.20 bits per heavy atom. The van der Waals surface area contributed by atoms with Crippen LogP contribution in [0, 0.1) is 6.92 Å². The number of anilines is 1. The van der Waals surface area contributed by atoms with Crippen LogP contribution in [0.1, 0.15) is 18.3 Å². The van der Waals surface area contributed by atoms with Gasteiger partial charge >= 0.3 is 0 Å². The van der Waals surface area contributed by atoms with Crippen LogP contribution in [0.2, 0.25) is 10.0 Å². The van der Waals surface area contributed by atoms with E-state index in [-0.39, 0.29) is 0 Å². The van der Waals surface area contributed by atoms with E-state index in [1.165, 1.54) is 0 Å². The lowest BCUT2D eigenvalue weighted by Crippen LogP contribution is -2.00. The zero-order valence-electron chi connectivity index (χ0n) is 11.5. The largest absolute Gasteiger partial charge is 0.436 e. The van der Waals surface area contributed by atoms with Crippen LogP contribution < -0.4 is 10.1 Å². The standard InChI is InChI=1S/C14H15Cl2N3O/c1-4-11-12(6-5-8(2)18-11)20-14-10(16)7-9(15)13(17-3)19-14/h5-7H,4H2,1-3H3,(H,17,19). The van der Waals surface area contributed by atoms with Gasteiger partial charge in [-0.15, -0.1) is 0 Å². The zero-order chi connectivity index (χ0) is 14.7. The molecule has 0 saturated carbocycles. The summed E-state index contributed by atoms with van der Waals surface area (Å²) in [5.74, 6) is 1.47. The highest BCUT2D eigenvalue weighted by Crippen LogP contribution is 2.34. The van der Waals surface area contributed by atoms with E-state index in [2.05, 4.69) is 15.3 Å². The van der Waals surface area contributed by atoms with Crippen molar-refractivity contribution in [1.29, 1.82) is 0 Å². The van der Waals surface area contributed by atoms with Crippen LogP contribution in [-0.2, 0) is 6.42 Å². The van der Waals surface area contributed by atoms with Crippen molar-refractivity contribution in [2.75, 3.05) is 12.4 Å². The predicted octanol–water partition coefficient (Wildman–Crippen LogP) is 4.49. The number of rotatable bonds is 4. The molecule has 0 aromatic carbocycles. The summed E-state index contributed by atoms with van der Waals surface area (Å²) in [4.78, 5) is 8.70. The van der Waals surface area contributed by atoms with E-state index >= 15 is 0 Å². The Kier molecular flexibility index (Phi) is 4.68. The second-order valence-corrected chi connectivity index (χ2v) is 5.02. The number of nitrogens with zero attached hydrogens (tertiary/aromatic N) is 2. The highest BCUT2D eigenvalue weighted by atomic mass is 35.5. The lowest BCUT2D eigenvalue weighted by Gasteiger charge is -2.12. The van der Waals surface area contributed by atoms with Crippen molar-refractivity contribution < 1.29 is 4.74 Å². The van der Waals surface area contributed by atoms with Gasteiger partial charge < -0.3 is 10.1 Å². The first kappa shape index (κ1) is 14.9. The van der Waals surface area contributed by atoms with Crippen LogP contribution in [0.4, 0.5) is 5.82 Å². The molecule has 106 valence electrons. The zero-order valence-corrected chi connectivity index (χ0v) is 13.0. The molecule has 0 aliphatic rings. The smallest absolute Gasteiger partial charge is 0.240 e. The molecule has 0 spiro atoms. The molecule has 2 aromatic rings. The van der Waals surface area contributed by atoms with Crippen LogP contribution in [0.3, 0.4) is 0 Å². The fourth-order valence-electron chi connectivity index (χ4n) is 1.74. The number of ether oxygens (including phenoxy) is 1. The fraction of sp³-hybridized carbons (Fsp3) is 0.286. The molecule has 0 radical (unpaired) electrons. The van der Waals surface area contributed by atoms with E-state index in [1.54, 1.807) is 13.1 Å². The van der Waals surface area contributed by atoms with Gasteiger partial charge in [-0.05, 0) is 31.5 Å². The van der Waals surface area contributed by atoms with Gasteiger partial charge in [0.25, 0.3) is 0 Å². The van der Waals surface area contributed by atoms with Crippen molar-refractivity contribution in [3.05, 3.63) is 39.6 Å². The second-order valence-electron chi connectivity index (χ2n) is 4.21. The summed E-state index contributed by atoms with van der Waals surface area (Å²) in [6.45, 7) is 3.96. The number of hydrogen-bond donors (Lipinski definition) is 1. The summed E-state index contributed by atoms with van der Waals surface area (Å²) in [7, 11) is 1.73. The summed E-state index contributed by atoms with van der Waals surface area (Å²) in [5, 5.41) is 3.69. The summed E-state index contributed by atoms with van der Waals surface area (Å²) >= 11 is 12.1. The van der Waals surface area contributed by atoms with Crippen molar-refractivity contribution in [2.24, 2.45) is 0 Å². The van der Waals surface area contributed by atoms with Crippen LogP contribution in [-0.4, -0.2) is 17.0 Å². The molecule has 20 heavy (non-hydrogen) atoms. The van der Waals surface area contributed by atoms with Gasteiger partial charge in [-0.2, -0.15) is 4.98 Å². The molecule has 2 aromatic heterocycles. The maximum absolute atomic E-state index is 6.12. The minimum atomic E-state index is 0.306. The molecule has 0 atom stereocenters. The van der Waals surface area contributed by atoms with Gasteiger partial charge in [-0.1, -0.05) is 30.1 Å². The fourth-order valence-corrected chi connectivity index (χ4v) is 2.24. The molecular weight excluding hydrogens is 297 g/mol. The number of aromatic nitrogens is 2. The molecule has 2 heterocycles. The van der Waals surface area contributed by atoms with Gasteiger partial charge in [0.05, 0.1) is 10.7 Å². The molecular formula is C14H15Cl2N3O. The van der Waals surface area contributed by atoms with Crippen molar-refractivity contribution in [3.8, 4) is 11.6 Å². The molecule has 0 amide bonds. The van der Waals surface area contributed by atoms with Gasteiger partial charge in [-0.25, -0.2) is 0 Å². The third-order valence-corrected chi connectivity index (χ3v) is 3.31. The number of pyridine rings is 2. The number of nitrogens with one attached hydrogen (secondary N) is 1. The van der Waals surface area contributed by atoms with E-state index in [1.807, 2.05) is 26.0 Å². The first-order valence-corrected chi connectivity index (χ1v) is 6.99. The minimum absolute atomic E-state index is 0.306. The molecule has 0 unspecified atom stereocenters. The van der Waals surface area contributed by atoms with Crippen LogP contribution in [0.5, 0.6) is 11.6 Å². The van der Waals surface area contributed by atoms with E-state index in [0.717, 1.165) is 17.8 Å². The summed E-state index contributed by atoms with van der Waals surface area (Å²) < 4.78 is 5.78. The van der Waals surface area contributed by atoms with Gasteiger partial charge in [0.15, 0.2) is 5.75 Å².